The third kappa shape index (κ3) is 4.61. The zero-order valence-corrected chi connectivity index (χ0v) is 18.5. The Bertz CT molecular complexity index is 730. The fourth-order valence-electron chi connectivity index (χ4n) is 6.98. The smallest absolute Gasteiger partial charge is 0.377 e. The molecule has 5 rings (SSSR count). The largest absolute Gasteiger partial charge is 0.457 e. The lowest BCUT2D eigenvalue weighted by Crippen LogP contribution is -2.68. The maximum Gasteiger partial charge on any atom is 0.377 e. The zero-order chi connectivity index (χ0) is 22.5. The van der Waals surface area contributed by atoms with Gasteiger partial charge in [-0.3, -0.25) is 0 Å². The van der Waals surface area contributed by atoms with Crippen LogP contribution in [0.15, 0.2) is 0 Å². The van der Waals surface area contributed by atoms with E-state index in [0.29, 0.717) is 32.6 Å². The van der Waals surface area contributed by atoms with Crippen molar-refractivity contribution in [1.29, 1.82) is 0 Å². The maximum absolute atomic E-state index is 13.5. The number of ether oxygens (including phenoxy) is 3. The summed E-state index contributed by atoms with van der Waals surface area (Å²) in [4.78, 5) is 24.6. The maximum atomic E-state index is 13.5. The first-order chi connectivity index (χ1) is 14.4. The van der Waals surface area contributed by atoms with Crippen molar-refractivity contribution in [2.24, 2.45) is 5.92 Å². The molecule has 0 saturated heterocycles. The fraction of sp³-hybridized carbons (Fsp3) is 0.913. The number of alkyl halides is 2. The van der Waals surface area contributed by atoms with Gasteiger partial charge in [-0.2, -0.15) is 8.78 Å². The molecule has 5 aliphatic rings. The van der Waals surface area contributed by atoms with E-state index in [-0.39, 0.29) is 25.4 Å². The molecule has 0 aromatic heterocycles. The molecule has 176 valence electrons. The number of hydrogen-bond donors (Lipinski definition) is 1. The number of hydrogen-bond acceptors (Lipinski definition) is 6. The van der Waals surface area contributed by atoms with Crippen molar-refractivity contribution in [2.75, 3.05) is 6.61 Å². The lowest BCUT2D eigenvalue weighted by molar-refractivity contribution is -0.279. The molecule has 1 N–H and O–H groups in total. The van der Waals surface area contributed by atoms with Crippen LogP contribution in [0.2, 0.25) is 0 Å². The molecule has 0 spiro atoms. The van der Waals surface area contributed by atoms with E-state index < -0.39 is 40.3 Å². The fourth-order valence-corrected chi connectivity index (χ4v) is 6.98. The lowest BCUT2D eigenvalue weighted by atomic mass is 9.50. The molecule has 5 saturated carbocycles. The summed E-state index contributed by atoms with van der Waals surface area (Å²) in [5, 5.41) is 11.1. The van der Waals surface area contributed by atoms with Crippen LogP contribution in [0.1, 0.15) is 90.9 Å². The van der Waals surface area contributed by atoms with Crippen LogP contribution in [0.5, 0.6) is 0 Å². The predicted molar refractivity (Wildman–Crippen MR) is 106 cm³/mol. The Morgan fingerprint density at radius 3 is 2.26 bits per heavy atom. The first-order valence-electron chi connectivity index (χ1n) is 11.6. The molecule has 6 nitrogen and oxygen atoms in total. The summed E-state index contributed by atoms with van der Waals surface area (Å²) in [5.74, 6) is -5.61. The van der Waals surface area contributed by atoms with Gasteiger partial charge in [0.05, 0.1) is 11.2 Å². The van der Waals surface area contributed by atoms with E-state index in [2.05, 4.69) is 0 Å². The van der Waals surface area contributed by atoms with Crippen molar-refractivity contribution in [3.8, 4) is 0 Å². The van der Waals surface area contributed by atoms with Gasteiger partial charge in [0.25, 0.3) is 0 Å². The number of esters is 2. The van der Waals surface area contributed by atoms with Crippen molar-refractivity contribution < 1.29 is 37.7 Å². The van der Waals surface area contributed by atoms with Crippen molar-refractivity contribution in [3.63, 3.8) is 0 Å². The molecule has 4 unspecified atom stereocenters. The second-order valence-corrected chi connectivity index (χ2v) is 10.7. The molecule has 4 bridgehead atoms. The summed E-state index contributed by atoms with van der Waals surface area (Å²) in [6.45, 7) is 2.29. The van der Waals surface area contributed by atoms with Gasteiger partial charge < -0.3 is 19.3 Å². The van der Waals surface area contributed by atoms with Crippen LogP contribution in [0.4, 0.5) is 8.78 Å². The quantitative estimate of drug-likeness (QED) is 0.597. The van der Waals surface area contributed by atoms with Crippen molar-refractivity contribution in [3.05, 3.63) is 0 Å². The Kier molecular flexibility index (Phi) is 5.65. The highest BCUT2D eigenvalue weighted by molar-refractivity contribution is 5.77. The van der Waals surface area contributed by atoms with E-state index in [4.69, 9.17) is 14.2 Å². The minimum atomic E-state index is -3.60. The van der Waals surface area contributed by atoms with E-state index in [1.165, 1.54) is 0 Å². The average molecular weight is 445 g/mol. The summed E-state index contributed by atoms with van der Waals surface area (Å²) in [6, 6.07) is 0. The Hall–Kier alpha value is -1.28. The minimum Gasteiger partial charge on any atom is -0.457 e. The van der Waals surface area contributed by atoms with Gasteiger partial charge in [-0.05, 0) is 57.3 Å². The van der Waals surface area contributed by atoms with Crippen molar-refractivity contribution in [2.45, 2.75) is 119 Å². The summed E-state index contributed by atoms with van der Waals surface area (Å²) >= 11 is 0. The number of carbonyl (C=O) groups excluding carboxylic acids is 2. The molecule has 0 heterocycles. The topological polar surface area (TPSA) is 82.1 Å². The van der Waals surface area contributed by atoms with E-state index >= 15 is 0 Å². The van der Waals surface area contributed by atoms with Gasteiger partial charge in [-0.25, -0.2) is 9.59 Å². The lowest BCUT2D eigenvalue weighted by Gasteiger charge is -2.63. The summed E-state index contributed by atoms with van der Waals surface area (Å²) in [6.07, 6.45) is 7.93. The number of carbonyl (C=O) groups is 2. The minimum absolute atomic E-state index is 0.00382. The Morgan fingerprint density at radius 2 is 1.65 bits per heavy atom. The molecule has 4 atom stereocenters. The van der Waals surface area contributed by atoms with Gasteiger partial charge in [0.1, 0.15) is 17.8 Å². The highest BCUT2D eigenvalue weighted by Gasteiger charge is 2.66. The third-order valence-electron chi connectivity index (χ3n) is 7.84. The molecule has 5 fully saturated rings. The van der Waals surface area contributed by atoms with E-state index in [9.17, 15) is 23.5 Å². The van der Waals surface area contributed by atoms with Gasteiger partial charge >= 0.3 is 17.9 Å². The van der Waals surface area contributed by atoms with Crippen LogP contribution in [0.3, 0.4) is 0 Å². The van der Waals surface area contributed by atoms with Gasteiger partial charge in [-0.1, -0.05) is 13.3 Å². The Morgan fingerprint density at radius 1 is 1.00 bits per heavy atom. The van der Waals surface area contributed by atoms with Crippen LogP contribution in [-0.2, 0) is 23.8 Å². The van der Waals surface area contributed by atoms with Gasteiger partial charge in [-0.15, -0.1) is 0 Å². The second-order valence-electron chi connectivity index (χ2n) is 10.7. The molecule has 31 heavy (non-hydrogen) atoms. The standard InChI is InChI=1S/C23H34F2O6/c1-3-21(7-5-4-6-8-21)30-17(26)12-29-22-10-16-9-20(28,13-22)14-23(11-16,15-22)31-18(27)19(2,24)25/h16,28H,3-15H2,1-2H3. The van der Waals surface area contributed by atoms with E-state index in [1.54, 1.807) is 0 Å². The summed E-state index contributed by atoms with van der Waals surface area (Å²) in [5.41, 5.74) is -3.62. The predicted octanol–water partition coefficient (Wildman–Crippen LogP) is 4.06. The van der Waals surface area contributed by atoms with Crippen LogP contribution in [0.25, 0.3) is 0 Å². The first kappa shape index (κ1) is 22.9. The van der Waals surface area contributed by atoms with Crippen molar-refractivity contribution >= 4 is 11.9 Å². The van der Waals surface area contributed by atoms with Crippen LogP contribution < -0.4 is 0 Å². The number of halogens is 2. The third-order valence-corrected chi connectivity index (χ3v) is 7.84. The molecular formula is C23H34F2O6. The molecule has 0 aliphatic heterocycles. The zero-order valence-electron chi connectivity index (χ0n) is 18.5. The molecule has 5 aliphatic carbocycles. The summed E-state index contributed by atoms with van der Waals surface area (Å²) in [7, 11) is 0. The first-order valence-corrected chi connectivity index (χ1v) is 11.6. The second kappa shape index (κ2) is 7.65. The molecular weight excluding hydrogens is 410 g/mol. The Balaban J connectivity index is 1.44. The van der Waals surface area contributed by atoms with Crippen molar-refractivity contribution in [1.82, 2.24) is 0 Å². The average Bonchev–Trinajstić information content (AvgIpc) is 2.64. The molecule has 0 aromatic carbocycles. The van der Waals surface area contributed by atoms with Gasteiger partial charge in [0.2, 0.25) is 0 Å². The highest BCUT2D eigenvalue weighted by atomic mass is 19.3. The van der Waals surface area contributed by atoms with E-state index in [1.807, 2.05) is 6.92 Å². The monoisotopic (exact) mass is 444 g/mol. The van der Waals surface area contributed by atoms with Crippen LogP contribution in [-0.4, -0.2) is 52.0 Å². The molecule has 0 amide bonds. The Labute approximate surface area is 182 Å². The van der Waals surface area contributed by atoms with Crippen LogP contribution >= 0.6 is 0 Å². The van der Waals surface area contributed by atoms with E-state index in [0.717, 1.165) is 38.5 Å². The highest BCUT2D eigenvalue weighted by Crippen LogP contribution is 2.62. The van der Waals surface area contributed by atoms with Gasteiger partial charge in [0.15, 0.2) is 0 Å². The number of aliphatic hydroxyl groups is 1. The molecule has 0 radical (unpaired) electrons. The van der Waals surface area contributed by atoms with Gasteiger partial charge in [0, 0.05) is 26.2 Å². The van der Waals surface area contributed by atoms with Crippen LogP contribution in [0, 0.1) is 5.92 Å². The molecule has 0 aromatic rings. The normalized spacial score (nSPS) is 38.7. The molecule has 8 heteroatoms. The summed E-state index contributed by atoms with van der Waals surface area (Å²) < 4.78 is 44.3. The number of rotatable bonds is 7. The SMILES string of the molecule is CCC1(OC(=O)COC23CC4CC(O)(C2)CC(OC(=O)C(C)(F)F)(C4)C3)CCCCC1.